The van der Waals surface area contributed by atoms with Gasteiger partial charge in [0.2, 0.25) is 0 Å². The second-order valence-electron chi connectivity index (χ2n) is 4.84. The summed E-state index contributed by atoms with van der Waals surface area (Å²) in [5, 5.41) is 2.95. The first-order valence-corrected chi connectivity index (χ1v) is 6.39. The van der Waals surface area contributed by atoms with Crippen molar-refractivity contribution in [2.45, 2.75) is 18.9 Å². The largest absolute Gasteiger partial charge is 0.349 e. The first kappa shape index (κ1) is 11.9. The Morgan fingerprint density at radius 3 is 2.42 bits per heavy atom. The predicted octanol–water partition coefficient (Wildman–Crippen LogP) is 3.38. The third kappa shape index (κ3) is 2.81. The van der Waals surface area contributed by atoms with E-state index in [2.05, 4.69) is 5.32 Å². The van der Waals surface area contributed by atoms with Gasteiger partial charge in [-0.05, 0) is 48.2 Å². The predicted molar refractivity (Wildman–Crippen MR) is 72.3 cm³/mol. The van der Waals surface area contributed by atoms with Crippen molar-refractivity contribution in [1.29, 1.82) is 0 Å². The molecule has 1 aliphatic rings. The molecule has 1 aliphatic carbocycles. The van der Waals surface area contributed by atoms with E-state index >= 15 is 0 Å². The molecule has 0 unspecified atom stereocenters. The molecule has 3 rings (SSSR count). The number of rotatable bonds is 3. The van der Waals surface area contributed by atoms with Crippen molar-refractivity contribution in [2.75, 3.05) is 0 Å². The van der Waals surface area contributed by atoms with Crippen molar-refractivity contribution < 1.29 is 9.18 Å². The molecular weight excluding hydrogens is 241 g/mol. The maximum atomic E-state index is 13.2. The van der Waals surface area contributed by atoms with Crippen LogP contribution in [0.15, 0.2) is 48.5 Å². The van der Waals surface area contributed by atoms with Crippen LogP contribution in [0, 0.1) is 5.82 Å². The highest BCUT2D eigenvalue weighted by atomic mass is 19.1. The van der Waals surface area contributed by atoms with E-state index in [1.165, 1.54) is 12.1 Å². The summed E-state index contributed by atoms with van der Waals surface area (Å²) in [7, 11) is 0. The quantitative estimate of drug-likeness (QED) is 0.895. The molecule has 0 bridgehead atoms. The molecule has 1 N–H and O–H groups in total. The number of benzene rings is 2. The average Bonchev–Trinajstić information content (AvgIpc) is 3.23. The summed E-state index contributed by atoms with van der Waals surface area (Å²) in [5.74, 6) is -0.328. The Hall–Kier alpha value is -2.16. The number of hydrogen-bond acceptors (Lipinski definition) is 1. The smallest absolute Gasteiger partial charge is 0.251 e. The molecular formula is C16H14FNO. The zero-order valence-corrected chi connectivity index (χ0v) is 10.4. The standard InChI is InChI=1S/C16H14FNO/c17-14-6-2-4-12(10-14)11-3-1-5-13(9-11)16(19)18-15-7-8-15/h1-6,9-10,15H,7-8H2,(H,18,19). The summed E-state index contributed by atoms with van der Waals surface area (Å²) in [6, 6.07) is 14.0. The lowest BCUT2D eigenvalue weighted by atomic mass is 10.0. The number of nitrogens with one attached hydrogen (secondary N) is 1. The van der Waals surface area contributed by atoms with E-state index in [0.29, 0.717) is 11.6 Å². The lowest BCUT2D eigenvalue weighted by Gasteiger charge is -2.06. The highest BCUT2D eigenvalue weighted by Crippen LogP contribution is 2.23. The van der Waals surface area contributed by atoms with E-state index in [0.717, 1.165) is 24.0 Å². The lowest BCUT2D eigenvalue weighted by Crippen LogP contribution is -2.25. The summed E-state index contributed by atoms with van der Waals surface area (Å²) >= 11 is 0. The molecule has 96 valence electrons. The van der Waals surface area contributed by atoms with Gasteiger partial charge in [0.1, 0.15) is 5.82 Å². The number of carbonyl (C=O) groups is 1. The second-order valence-corrected chi connectivity index (χ2v) is 4.84. The minimum atomic E-state index is -0.273. The summed E-state index contributed by atoms with van der Waals surface area (Å²) in [6.45, 7) is 0. The second kappa shape index (κ2) is 4.84. The molecule has 1 amide bonds. The van der Waals surface area contributed by atoms with E-state index in [4.69, 9.17) is 0 Å². The SMILES string of the molecule is O=C(NC1CC1)c1cccc(-c2cccc(F)c2)c1. The van der Waals surface area contributed by atoms with E-state index in [-0.39, 0.29) is 11.7 Å². The molecule has 0 radical (unpaired) electrons. The number of amides is 1. The Kier molecular flexibility index (Phi) is 3.03. The van der Waals surface area contributed by atoms with Crippen molar-refractivity contribution in [3.05, 3.63) is 59.9 Å². The van der Waals surface area contributed by atoms with Crippen molar-refractivity contribution in [2.24, 2.45) is 0 Å². The van der Waals surface area contributed by atoms with Crippen LogP contribution < -0.4 is 5.32 Å². The van der Waals surface area contributed by atoms with E-state index in [1.54, 1.807) is 18.2 Å². The normalized spacial score (nSPS) is 14.2. The topological polar surface area (TPSA) is 29.1 Å². The molecule has 0 spiro atoms. The fourth-order valence-electron chi connectivity index (χ4n) is 2.00. The van der Waals surface area contributed by atoms with Gasteiger partial charge in [0, 0.05) is 11.6 Å². The van der Waals surface area contributed by atoms with Crippen molar-refractivity contribution in [3.8, 4) is 11.1 Å². The minimum Gasteiger partial charge on any atom is -0.349 e. The minimum absolute atomic E-state index is 0.0549. The van der Waals surface area contributed by atoms with E-state index < -0.39 is 0 Å². The van der Waals surface area contributed by atoms with Crippen LogP contribution in [-0.2, 0) is 0 Å². The molecule has 0 aromatic heterocycles. The Labute approximate surface area is 111 Å². The summed E-state index contributed by atoms with van der Waals surface area (Å²) in [4.78, 5) is 12.0. The van der Waals surface area contributed by atoms with E-state index in [9.17, 15) is 9.18 Å². The van der Waals surface area contributed by atoms with Crippen LogP contribution in [0.5, 0.6) is 0 Å². The van der Waals surface area contributed by atoms with Gasteiger partial charge < -0.3 is 5.32 Å². The van der Waals surface area contributed by atoms with Gasteiger partial charge in [0.15, 0.2) is 0 Å². The lowest BCUT2D eigenvalue weighted by molar-refractivity contribution is 0.0951. The third-order valence-corrected chi connectivity index (χ3v) is 3.20. The zero-order chi connectivity index (χ0) is 13.2. The maximum absolute atomic E-state index is 13.2. The molecule has 0 saturated heterocycles. The van der Waals surface area contributed by atoms with Gasteiger partial charge in [-0.2, -0.15) is 0 Å². The van der Waals surface area contributed by atoms with Crippen LogP contribution in [0.3, 0.4) is 0 Å². The molecule has 1 fully saturated rings. The molecule has 0 heterocycles. The van der Waals surface area contributed by atoms with Gasteiger partial charge in [0.25, 0.3) is 5.91 Å². The van der Waals surface area contributed by atoms with Gasteiger partial charge in [-0.1, -0.05) is 24.3 Å². The monoisotopic (exact) mass is 255 g/mol. The van der Waals surface area contributed by atoms with Gasteiger partial charge in [-0.3, -0.25) is 4.79 Å². The number of hydrogen-bond donors (Lipinski definition) is 1. The molecule has 19 heavy (non-hydrogen) atoms. The van der Waals surface area contributed by atoms with Crippen molar-refractivity contribution in [3.63, 3.8) is 0 Å². The van der Waals surface area contributed by atoms with Gasteiger partial charge in [0.05, 0.1) is 0 Å². The molecule has 0 aliphatic heterocycles. The van der Waals surface area contributed by atoms with Crippen LogP contribution in [0.25, 0.3) is 11.1 Å². The Morgan fingerprint density at radius 1 is 1.05 bits per heavy atom. The molecule has 1 saturated carbocycles. The molecule has 2 aromatic carbocycles. The van der Waals surface area contributed by atoms with Crippen LogP contribution in [0.2, 0.25) is 0 Å². The summed E-state index contributed by atoms with van der Waals surface area (Å²) in [5.41, 5.74) is 2.25. The molecule has 2 aromatic rings. The van der Waals surface area contributed by atoms with Crippen molar-refractivity contribution >= 4 is 5.91 Å². The Morgan fingerprint density at radius 2 is 1.74 bits per heavy atom. The van der Waals surface area contributed by atoms with Crippen LogP contribution >= 0.6 is 0 Å². The zero-order valence-electron chi connectivity index (χ0n) is 10.4. The van der Waals surface area contributed by atoms with Crippen LogP contribution in [0.4, 0.5) is 4.39 Å². The average molecular weight is 255 g/mol. The van der Waals surface area contributed by atoms with Gasteiger partial charge in [-0.25, -0.2) is 4.39 Å². The summed E-state index contributed by atoms with van der Waals surface area (Å²) in [6.07, 6.45) is 2.13. The molecule has 3 heteroatoms. The van der Waals surface area contributed by atoms with E-state index in [1.807, 2.05) is 18.2 Å². The Balaban J connectivity index is 1.88. The fourth-order valence-corrected chi connectivity index (χ4v) is 2.00. The van der Waals surface area contributed by atoms with Gasteiger partial charge in [-0.15, -0.1) is 0 Å². The first-order valence-electron chi connectivity index (χ1n) is 6.39. The third-order valence-electron chi connectivity index (χ3n) is 3.20. The highest BCUT2D eigenvalue weighted by molar-refractivity contribution is 5.95. The molecule has 0 atom stereocenters. The maximum Gasteiger partial charge on any atom is 0.251 e. The molecule has 2 nitrogen and oxygen atoms in total. The highest BCUT2D eigenvalue weighted by Gasteiger charge is 2.23. The fraction of sp³-hybridized carbons (Fsp3) is 0.188. The Bertz CT molecular complexity index is 620. The number of halogens is 1. The first-order chi connectivity index (χ1) is 9.22. The number of carbonyl (C=O) groups excluding carboxylic acids is 1. The van der Waals surface area contributed by atoms with Gasteiger partial charge >= 0.3 is 0 Å². The van der Waals surface area contributed by atoms with Crippen molar-refractivity contribution in [1.82, 2.24) is 5.32 Å². The summed E-state index contributed by atoms with van der Waals surface area (Å²) < 4.78 is 13.2. The van der Waals surface area contributed by atoms with Crippen LogP contribution in [-0.4, -0.2) is 11.9 Å². The van der Waals surface area contributed by atoms with Crippen LogP contribution in [0.1, 0.15) is 23.2 Å².